The third-order valence-corrected chi connectivity index (χ3v) is 3.65. The summed E-state index contributed by atoms with van der Waals surface area (Å²) in [5, 5.41) is 9.82. The zero-order valence-electron chi connectivity index (χ0n) is 11.0. The zero-order chi connectivity index (χ0) is 12.4. The number of benzene rings is 1. The number of hydrogen-bond acceptors (Lipinski definition) is 3. The van der Waals surface area contributed by atoms with Crippen LogP contribution in [0.15, 0.2) is 18.2 Å². The lowest BCUT2D eigenvalue weighted by Crippen LogP contribution is -2.31. The Morgan fingerprint density at radius 1 is 1.24 bits per heavy atom. The predicted octanol–water partition coefficient (Wildman–Crippen LogP) is 1.87. The van der Waals surface area contributed by atoms with Crippen molar-refractivity contribution < 1.29 is 5.11 Å². The van der Waals surface area contributed by atoms with Crippen molar-refractivity contribution >= 4 is 0 Å². The smallest absolute Gasteiger partial charge is 0.119 e. The molecule has 17 heavy (non-hydrogen) atoms. The van der Waals surface area contributed by atoms with E-state index in [1.807, 2.05) is 6.07 Å². The van der Waals surface area contributed by atoms with Crippen LogP contribution in [0.4, 0.5) is 0 Å². The summed E-state index contributed by atoms with van der Waals surface area (Å²) in [4.78, 5) is 4.60. The number of rotatable bonds is 4. The minimum Gasteiger partial charge on any atom is -0.508 e. The molecule has 0 fully saturated rings. The normalized spacial score (nSPS) is 19.0. The Balaban J connectivity index is 2.08. The highest BCUT2D eigenvalue weighted by Gasteiger charge is 2.27. The van der Waals surface area contributed by atoms with Crippen LogP contribution in [0.5, 0.6) is 5.75 Å². The number of hydrogen-bond donors (Lipinski definition) is 1. The molecule has 0 heterocycles. The molecule has 0 saturated heterocycles. The quantitative estimate of drug-likeness (QED) is 0.861. The maximum absolute atomic E-state index is 9.82. The molecule has 0 spiro atoms. The number of aromatic hydroxyl groups is 1. The van der Waals surface area contributed by atoms with Crippen LogP contribution in [0.1, 0.15) is 23.6 Å². The highest BCUT2D eigenvalue weighted by Crippen LogP contribution is 2.38. The van der Waals surface area contributed by atoms with Crippen molar-refractivity contribution in [1.82, 2.24) is 9.80 Å². The standard InChI is InChI=1S/C14H22N2O/c1-15(2)9-10-16(3)13-8-7-12-11(13)5-4-6-14(12)17/h4-6,13,17H,7-10H2,1-3H3. The fourth-order valence-electron chi connectivity index (χ4n) is 2.58. The summed E-state index contributed by atoms with van der Waals surface area (Å²) in [5.41, 5.74) is 2.46. The van der Waals surface area contributed by atoms with Crippen LogP contribution < -0.4 is 0 Å². The van der Waals surface area contributed by atoms with E-state index in [0.29, 0.717) is 11.8 Å². The van der Waals surface area contributed by atoms with Gasteiger partial charge in [-0.15, -0.1) is 0 Å². The van der Waals surface area contributed by atoms with E-state index in [2.05, 4.69) is 37.0 Å². The van der Waals surface area contributed by atoms with Crippen molar-refractivity contribution in [1.29, 1.82) is 0 Å². The van der Waals surface area contributed by atoms with E-state index < -0.39 is 0 Å². The Hall–Kier alpha value is -1.06. The molecule has 0 aromatic heterocycles. The van der Waals surface area contributed by atoms with Gasteiger partial charge in [0.05, 0.1) is 0 Å². The fraction of sp³-hybridized carbons (Fsp3) is 0.571. The average Bonchev–Trinajstić information content (AvgIpc) is 2.71. The monoisotopic (exact) mass is 234 g/mol. The van der Waals surface area contributed by atoms with Crippen LogP contribution in [-0.4, -0.2) is 49.1 Å². The lowest BCUT2D eigenvalue weighted by molar-refractivity contribution is 0.218. The predicted molar refractivity (Wildman–Crippen MR) is 70.4 cm³/mol. The topological polar surface area (TPSA) is 26.7 Å². The summed E-state index contributed by atoms with van der Waals surface area (Å²) in [6, 6.07) is 6.36. The molecule has 1 aromatic rings. The van der Waals surface area contributed by atoms with Crippen molar-refractivity contribution in [2.24, 2.45) is 0 Å². The lowest BCUT2D eigenvalue weighted by atomic mass is 10.1. The highest BCUT2D eigenvalue weighted by atomic mass is 16.3. The maximum Gasteiger partial charge on any atom is 0.119 e. The van der Waals surface area contributed by atoms with Crippen molar-refractivity contribution in [3.63, 3.8) is 0 Å². The molecule has 1 aliphatic carbocycles. The van der Waals surface area contributed by atoms with E-state index in [-0.39, 0.29) is 0 Å². The van der Waals surface area contributed by atoms with Crippen molar-refractivity contribution in [2.75, 3.05) is 34.2 Å². The summed E-state index contributed by atoms with van der Waals surface area (Å²) < 4.78 is 0. The van der Waals surface area contributed by atoms with Gasteiger partial charge in [-0.1, -0.05) is 12.1 Å². The van der Waals surface area contributed by atoms with Gasteiger partial charge in [0.15, 0.2) is 0 Å². The largest absolute Gasteiger partial charge is 0.508 e. The first kappa shape index (κ1) is 12.4. The molecule has 94 valence electrons. The highest BCUT2D eigenvalue weighted by molar-refractivity contribution is 5.44. The van der Waals surface area contributed by atoms with Gasteiger partial charge in [-0.2, -0.15) is 0 Å². The molecular weight excluding hydrogens is 212 g/mol. The summed E-state index contributed by atoms with van der Waals surface area (Å²) in [7, 11) is 6.37. The zero-order valence-corrected chi connectivity index (χ0v) is 11.0. The van der Waals surface area contributed by atoms with Crippen LogP contribution in [0, 0.1) is 0 Å². The molecule has 1 N–H and O–H groups in total. The minimum atomic E-state index is 0.464. The van der Waals surface area contributed by atoms with Crippen molar-refractivity contribution in [3.05, 3.63) is 29.3 Å². The van der Waals surface area contributed by atoms with E-state index in [1.165, 1.54) is 5.56 Å². The van der Waals surface area contributed by atoms with Crippen LogP contribution in [0.3, 0.4) is 0 Å². The summed E-state index contributed by atoms with van der Waals surface area (Å²) >= 11 is 0. The van der Waals surface area contributed by atoms with Crippen molar-refractivity contribution in [3.8, 4) is 5.75 Å². The van der Waals surface area contributed by atoms with Gasteiger partial charge < -0.3 is 10.0 Å². The van der Waals surface area contributed by atoms with Crippen LogP contribution in [0.25, 0.3) is 0 Å². The Bertz CT molecular complexity index is 390. The summed E-state index contributed by atoms with van der Waals surface area (Å²) in [5.74, 6) is 0.464. The van der Waals surface area contributed by atoms with E-state index in [1.54, 1.807) is 6.07 Å². The van der Waals surface area contributed by atoms with Gasteiger partial charge in [0.1, 0.15) is 5.75 Å². The molecule has 1 aliphatic rings. The first-order valence-electron chi connectivity index (χ1n) is 6.25. The molecule has 3 nitrogen and oxygen atoms in total. The van der Waals surface area contributed by atoms with Gasteiger partial charge in [0.2, 0.25) is 0 Å². The Labute approximate surface area is 104 Å². The van der Waals surface area contributed by atoms with Gasteiger partial charge in [-0.25, -0.2) is 0 Å². The first-order valence-corrected chi connectivity index (χ1v) is 6.25. The maximum atomic E-state index is 9.82. The van der Waals surface area contributed by atoms with Crippen molar-refractivity contribution in [2.45, 2.75) is 18.9 Å². The Morgan fingerprint density at radius 3 is 2.71 bits per heavy atom. The van der Waals surface area contributed by atoms with E-state index >= 15 is 0 Å². The number of nitrogens with zero attached hydrogens (tertiary/aromatic N) is 2. The number of likely N-dealkylation sites (N-methyl/N-ethyl adjacent to an activating group) is 2. The van der Waals surface area contributed by atoms with Crippen LogP contribution in [-0.2, 0) is 6.42 Å². The second-order valence-electron chi connectivity index (χ2n) is 5.18. The summed E-state index contributed by atoms with van der Waals surface area (Å²) in [6.07, 6.45) is 2.12. The van der Waals surface area contributed by atoms with Gasteiger partial charge in [-0.05, 0) is 51.2 Å². The fourth-order valence-corrected chi connectivity index (χ4v) is 2.58. The van der Waals surface area contributed by atoms with Crippen LogP contribution >= 0.6 is 0 Å². The molecule has 0 amide bonds. The Kier molecular flexibility index (Phi) is 3.69. The van der Waals surface area contributed by atoms with Gasteiger partial charge in [0, 0.05) is 19.1 Å². The molecule has 1 unspecified atom stereocenters. The SMILES string of the molecule is CN(C)CCN(C)C1CCc2c(O)cccc21. The lowest BCUT2D eigenvalue weighted by Gasteiger charge is -2.26. The van der Waals surface area contributed by atoms with E-state index in [4.69, 9.17) is 0 Å². The molecule has 0 bridgehead atoms. The average molecular weight is 234 g/mol. The molecule has 1 atom stereocenters. The second-order valence-corrected chi connectivity index (χ2v) is 5.18. The minimum absolute atomic E-state index is 0.464. The third kappa shape index (κ3) is 2.61. The summed E-state index contributed by atoms with van der Waals surface area (Å²) in [6.45, 7) is 2.13. The number of fused-ring (bicyclic) bond motifs is 1. The Morgan fingerprint density at radius 2 is 2.00 bits per heavy atom. The molecule has 0 radical (unpaired) electrons. The van der Waals surface area contributed by atoms with Gasteiger partial charge >= 0.3 is 0 Å². The molecule has 2 rings (SSSR count). The van der Waals surface area contributed by atoms with E-state index in [9.17, 15) is 5.11 Å². The molecule has 3 heteroatoms. The first-order chi connectivity index (χ1) is 8.09. The van der Waals surface area contributed by atoms with Gasteiger partial charge in [-0.3, -0.25) is 4.90 Å². The molecule has 1 aromatic carbocycles. The molecule has 0 aliphatic heterocycles. The number of phenolic OH excluding ortho intramolecular Hbond substituents is 1. The molecular formula is C14H22N2O. The van der Waals surface area contributed by atoms with Gasteiger partial charge in [0.25, 0.3) is 0 Å². The van der Waals surface area contributed by atoms with Crippen LogP contribution in [0.2, 0.25) is 0 Å². The molecule has 0 saturated carbocycles. The third-order valence-electron chi connectivity index (χ3n) is 3.65. The number of phenols is 1. The van der Waals surface area contributed by atoms with E-state index in [0.717, 1.165) is 31.5 Å². The second kappa shape index (κ2) is 5.07.